The molecule has 0 atom stereocenters. The van der Waals surface area contributed by atoms with E-state index in [0.29, 0.717) is 0 Å². The van der Waals surface area contributed by atoms with E-state index >= 15 is 0 Å². The molecule has 0 saturated carbocycles. The number of aliphatic hydroxyl groups excluding tert-OH is 1. The van der Waals surface area contributed by atoms with Gasteiger partial charge in [-0.25, -0.2) is 0 Å². The van der Waals surface area contributed by atoms with E-state index in [0.717, 1.165) is 6.92 Å². The van der Waals surface area contributed by atoms with Crippen molar-refractivity contribution in [2.45, 2.75) is 19.0 Å². The van der Waals surface area contributed by atoms with Gasteiger partial charge in [-0.2, -0.15) is 0 Å². The first-order chi connectivity index (χ1) is 2.94. The average molecular weight is 108 g/mol. The minimum Gasteiger partial charge on any atom is -0.364 e. The maximum absolute atomic E-state index is 8.15. The molecule has 4 heteroatoms. The molecule has 0 aliphatic heterocycles. The summed E-state index contributed by atoms with van der Waals surface area (Å²) < 4.78 is 0. The van der Waals surface area contributed by atoms with Crippen LogP contribution >= 0.6 is 0 Å². The van der Waals surface area contributed by atoms with Crippen LogP contribution in [-0.4, -0.2) is 32.5 Å². The van der Waals surface area contributed by atoms with Gasteiger partial charge in [-0.1, -0.05) is 0 Å². The Bertz CT molecular complexity index is 52.4. The largest absolute Gasteiger partial charge is 0.364 e. The molecular weight excluding hydrogens is 100 g/mol. The van der Waals surface area contributed by atoms with Crippen molar-refractivity contribution in [2.24, 2.45) is 0 Å². The molecule has 0 amide bonds. The molecule has 0 unspecified atom stereocenters. The first-order valence-electron chi connectivity index (χ1n) is 1.75. The molecule has 0 spiro atoms. The molecule has 0 saturated heterocycles. The molecule has 0 aromatic rings. The quantitative estimate of drug-likeness (QED) is 0.293. The Kier molecular flexibility index (Phi) is 1.71. The van der Waals surface area contributed by atoms with Gasteiger partial charge in [-0.3, -0.25) is 0 Å². The zero-order chi connectivity index (χ0) is 6.08. The van der Waals surface area contributed by atoms with E-state index in [-0.39, 0.29) is 0 Å². The minimum atomic E-state index is -2.39. The fourth-order valence-electron chi connectivity index (χ4n) is 0. The smallest absolute Gasteiger partial charge is 0.212 e. The highest BCUT2D eigenvalue weighted by molar-refractivity contribution is 4.55. The summed E-state index contributed by atoms with van der Waals surface area (Å²) in [5.41, 5.74) is 0. The fraction of sp³-hybridized carbons (Fsp3) is 1.00. The highest BCUT2D eigenvalue weighted by Crippen LogP contribution is 1.99. The van der Waals surface area contributed by atoms with Gasteiger partial charge in [0.25, 0.3) is 0 Å². The molecule has 0 rings (SSSR count). The molecule has 0 aromatic carbocycles. The van der Waals surface area contributed by atoms with Crippen molar-refractivity contribution in [2.75, 3.05) is 0 Å². The van der Waals surface area contributed by atoms with Crippen LogP contribution in [0.5, 0.6) is 0 Å². The lowest BCUT2D eigenvalue weighted by molar-refractivity contribution is -0.278. The van der Waals surface area contributed by atoms with Gasteiger partial charge < -0.3 is 20.4 Å². The lowest BCUT2D eigenvalue weighted by Gasteiger charge is -2.16. The number of aliphatic hydroxyl groups is 4. The molecule has 44 valence electrons. The topological polar surface area (TPSA) is 80.9 Å². The molecule has 0 aliphatic carbocycles. The van der Waals surface area contributed by atoms with Crippen molar-refractivity contribution >= 4 is 0 Å². The van der Waals surface area contributed by atoms with Gasteiger partial charge in [0, 0.05) is 0 Å². The molecular formula is C3H8O4. The zero-order valence-electron chi connectivity index (χ0n) is 3.87. The third-order valence-electron chi connectivity index (χ3n) is 0.489. The summed E-state index contributed by atoms with van der Waals surface area (Å²) in [6.45, 7) is 0.873. The van der Waals surface area contributed by atoms with Crippen LogP contribution in [0, 0.1) is 0 Å². The van der Waals surface area contributed by atoms with Gasteiger partial charge in [0.05, 0.1) is 0 Å². The van der Waals surface area contributed by atoms with Crippen LogP contribution in [-0.2, 0) is 0 Å². The highest BCUT2D eigenvalue weighted by Gasteiger charge is 2.23. The SMILES string of the molecule is CC(O)(O)C(O)O. The van der Waals surface area contributed by atoms with Crippen molar-refractivity contribution < 1.29 is 20.4 Å². The third kappa shape index (κ3) is 2.52. The molecule has 7 heavy (non-hydrogen) atoms. The van der Waals surface area contributed by atoms with E-state index in [1.165, 1.54) is 0 Å². The van der Waals surface area contributed by atoms with E-state index in [2.05, 4.69) is 0 Å². The number of hydrogen-bond acceptors (Lipinski definition) is 4. The van der Waals surface area contributed by atoms with Gasteiger partial charge in [0.1, 0.15) is 0 Å². The molecule has 0 aromatic heterocycles. The molecule has 4 nitrogen and oxygen atoms in total. The van der Waals surface area contributed by atoms with Crippen molar-refractivity contribution in [3.63, 3.8) is 0 Å². The van der Waals surface area contributed by atoms with Crippen LogP contribution in [0.2, 0.25) is 0 Å². The second kappa shape index (κ2) is 1.75. The molecule has 0 bridgehead atoms. The minimum absolute atomic E-state index is 0.873. The average Bonchev–Trinajstić information content (AvgIpc) is 1.31. The highest BCUT2D eigenvalue weighted by atomic mass is 16.6. The summed E-state index contributed by atoms with van der Waals surface area (Å²) in [6.07, 6.45) is -2.09. The zero-order valence-corrected chi connectivity index (χ0v) is 3.87. The molecule has 4 N–H and O–H groups in total. The number of hydrogen-bond donors (Lipinski definition) is 4. The molecule has 0 radical (unpaired) electrons. The summed E-state index contributed by atoms with van der Waals surface area (Å²) in [4.78, 5) is 0. The maximum atomic E-state index is 8.15. The van der Waals surface area contributed by atoms with E-state index in [1.54, 1.807) is 0 Å². The van der Waals surface area contributed by atoms with Crippen LogP contribution in [0.1, 0.15) is 6.92 Å². The lowest BCUT2D eigenvalue weighted by atomic mass is 10.3. The first kappa shape index (κ1) is 6.84. The van der Waals surface area contributed by atoms with Crippen molar-refractivity contribution in [3.8, 4) is 0 Å². The Balaban J connectivity index is 3.54. The second-order valence-corrected chi connectivity index (χ2v) is 1.47. The molecule has 0 fully saturated rings. The van der Waals surface area contributed by atoms with Gasteiger partial charge in [0.15, 0.2) is 0 Å². The van der Waals surface area contributed by atoms with E-state index in [4.69, 9.17) is 20.4 Å². The van der Waals surface area contributed by atoms with Crippen molar-refractivity contribution in [1.29, 1.82) is 0 Å². The van der Waals surface area contributed by atoms with Crippen molar-refractivity contribution in [3.05, 3.63) is 0 Å². The summed E-state index contributed by atoms with van der Waals surface area (Å²) in [6, 6.07) is 0. The van der Waals surface area contributed by atoms with Gasteiger partial charge in [0.2, 0.25) is 12.1 Å². The van der Waals surface area contributed by atoms with E-state index in [9.17, 15) is 0 Å². The predicted molar refractivity (Wildman–Crippen MR) is 21.1 cm³/mol. The number of rotatable bonds is 1. The second-order valence-electron chi connectivity index (χ2n) is 1.47. The van der Waals surface area contributed by atoms with Crippen LogP contribution in [0.4, 0.5) is 0 Å². The Morgan fingerprint density at radius 3 is 1.43 bits per heavy atom. The predicted octanol–water partition coefficient (Wildman–Crippen LogP) is -2.00. The van der Waals surface area contributed by atoms with Crippen LogP contribution in [0.15, 0.2) is 0 Å². The normalized spacial score (nSPS) is 12.9. The Hall–Kier alpha value is -0.160. The molecule has 0 heterocycles. The van der Waals surface area contributed by atoms with Gasteiger partial charge in [-0.15, -0.1) is 0 Å². The Morgan fingerprint density at radius 1 is 1.29 bits per heavy atom. The van der Waals surface area contributed by atoms with E-state index < -0.39 is 12.1 Å². The maximum Gasteiger partial charge on any atom is 0.212 e. The summed E-state index contributed by atoms with van der Waals surface area (Å²) in [5.74, 6) is -2.39. The first-order valence-corrected chi connectivity index (χ1v) is 1.75. The third-order valence-corrected chi connectivity index (χ3v) is 0.489. The van der Waals surface area contributed by atoms with Crippen LogP contribution < -0.4 is 0 Å². The summed E-state index contributed by atoms with van der Waals surface area (Å²) >= 11 is 0. The Morgan fingerprint density at radius 2 is 1.43 bits per heavy atom. The van der Waals surface area contributed by atoms with Crippen LogP contribution in [0.3, 0.4) is 0 Å². The lowest BCUT2D eigenvalue weighted by Crippen LogP contribution is -2.38. The Labute approximate surface area is 40.6 Å². The summed E-state index contributed by atoms with van der Waals surface area (Å²) in [5, 5.41) is 32.2. The van der Waals surface area contributed by atoms with Gasteiger partial charge >= 0.3 is 0 Å². The fourth-order valence-corrected chi connectivity index (χ4v) is 0. The summed E-state index contributed by atoms with van der Waals surface area (Å²) in [7, 11) is 0. The van der Waals surface area contributed by atoms with Crippen molar-refractivity contribution in [1.82, 2.24) is 0 Å². The monoisotopic (exact) mass is 108 g/mol. The molecule has 0 aliphatic rings. The van der Waals surface area contributed by atoms with E-state index in [1.807, 2.05) is 0 Å². The standard InChI is InChI=1S/C3H8O4/c1-3(6,7)2(4)5/h2,4-7H,1H3. The van der Waals surface area contributed by atoms with Crippen LogP contribution in [0.25, 0.3) is 0 Å². The van der Waals surface area contributed by atoms with Gasteiger partial charge in [-0.05, 0) is 6.92 Å².